The normalized spacial score (nSPS) is 27.2. The highest BCUT2D eigenvalue weighted by Crippen LogP contribution is 2.65. The van der Waals surface area contributed by atoms with Crippen molar-refractivity contribution in [2.24, 2.45) is 23.7 Å². The number of methoxy groups -OCH3 is 1. The van der Waals surface area contributed by atoms with Crippen molar-refractivity contribution in [3.8, 4) is 11.5 Å². The molecule has 11 nitrogen and oxygen atoms in total. The van der Waals surface area contributed by atoms with Gasteiger partial charge in [0.25, 0.3) is 11.8 Å². The van der Waals surface area contributed by atoms with E-state index < -0.39 is 52.6 Å². The largest absolute Gasteiger partial charge is 0.508 e. The number of halogens is 2. The van der Waals surface area contributed by atoms with E-state index >= 15 is 4.79 Å². The number of imide groups is 2. The minimum atomic E-state index is -1.59. The van der Waals surface area contributed by atoms with E-state index in [2.05, 4.69) is 10.3 Å². The minimum Gasteiger partial charge on any atom is -0.508 e. The quantitative estimate of drug-likeness (QED) is 0.166. The zero-order valence-electron chi connectivity index (χ0n) is 30.4. The Morgan fingerprint density at radius 2 is 1.55 bits per heavy atom. The number of hydrazine groups is 1. The third-order valence-corrected chi connectivity index (χ3v) is 12.5. The molecule has 2 aliphatic carbocycles. The van der Waals surface area contributed by atoms with E-state index in [1.807, 2.05) is 18.2 Å². The van der Waals surface area contributed by atoms with Gasteiger partial charge in [0.1, 0.15) is 17.3 Å². The predicted octanol–water partition coefficient (Wildman–Crippen LogP) is 6.22. The van der Waals surface area contributed by atoms with Crippen LogP contribution >= 0.6 is 11.6 Å². The van der Waals surface area contributed by atoms with Gasteiger partial charge in [-0.1, -0.05) is 41.4 Å². The van der Waals surface area contributed by atoms with E-state index in [1.54, 1.807) is 42.5 Å². The first-order chi connectivity index (χ1) is 27.1. The molecular formula is C43H38ClFN4O7. The van der Waals surface area contributed by atoms with Gasteiger partial charge >= 0.3 is 0 Å². The van der Waals surface area contributed by atoms with Gasteiger partial charge in [0.15, 0.2) is 0 Å². The van der Waals surface area contributed by atoms with Crippen molar-refractivity contribution >= 4 is 52.3 Å². The van der Waals surface area contributed by atoms with Crippen LogP contribution in [-0.4, -0.2) is 67.2 Å². The SMILES string of the molecule is COc1cc(O)ccc1[C@H]1C2=CC[C@@H]3C(=O)N(c4ccc(N5CCOCC5)cc4)C(=O)[C@@H]3[C@@H]2C[C@H]2C(=O)N(Nc3ccc(F)cc3)C(=O)[C@@]12c1ccc(Cl)cc1. The fourth-order valence-corrected chi connectivity index (χ4v) is 9.95. The summed E-state index contributed by atoms with van der Waals surface area (Å²) in [5, 5.41) is 12.0. The number of morpholine rings is 1. The molecule has 4 fully saturated rings. The van der Waals surface area contributed by atoms with Crippen LogP contribution in [0.15, 0.2) is 103 Å². The van der Waals surface area contributed by atoms with Crippen molar-refractivity contribution in [2.45, 2.75) is 24.2 Å². The van der Waals surface area contributed by atoms with Crippen LogP contribution in [0.4, 0.5) is 21.5 Å². The lowest BCUT2D eigenvalue weighted by Crippen LogP contribution is -2.53. The van der Waals surface area contributed by atoms with Crippen molar-refractivity contribution in [2.75, 3.05) is 48.6 Å². The molecule has 56 heavy (non-hydrogen) atoms. The van der Waals surface area contributed by atoms with Crippen LogP contribution in [0.5, 0.6) is 11.5 Å². The molecular weight excluding hydrogens is 739 g/mol. The van der Waals surface area contributed by atoms with Gasteiger partial charge in [-0.2, -0.15) is 5.01 Å². The van der Waals surface area contributed by atoms with Gasteiger partial charge in [-0.25, -0.2) is 4.39 Å². The summed E-state index contributed by atoms with van der Waals surface area (Å²) in [6, 6.07) is 24.2. The number of nitrogens with one attached hydrogen (secondary N) is 1. The zero-order valence-corrected chi connectivity index (χ0v) is 31.1. The Balaban J connectivity index is 1.18. The fraction of sp³-hybridized carbons (Fsp3) is 0.302. The van der Waals surface area contributed by atoms with Crippen LogP contribution in [-0.2, 0) is 29.3 Å². The molecule has 5 aliphatic rings. The average molecular weight is 777 g/mol. The molecule has 286 valence electrons. The van der Waals surface area contributed by atoms with Crippen molar-refractivity contribution in [1.82, 2.24) is 5.01 Å². The molecule has 13 heteroatoms. The summed E-state index contributed by atoms with van der Waals surface area (Å²) in [6.45, 7) is 2.72. The van der Waals surface area contributed by atoms with Crippen LogP contribution in [0.3, 0.4) is 0 Å². The molecule has 0 unspecified atom stereocenters. The van der Waals surface area contributed by atoms with Gasteiger partial charge in [0, 0.05) is 41.3 Å². The number of ether oxygens (including phenoxy) is 2. The molecule has 4 aromatic carbocycles. The van der Waals surface area contributed by atoms with Gasteiger partial charge in [0.05, 0.1) is 54.9 Å². The van der Waals surface area contributed by atoms with E-state index in [0.717, 1.165) is 29.4 Å². The summed E-state index contributed by atoms with van der Waals surface area (Å²) in [5.41, 5.74) is 4.90. The van der Waals surface area contributed by atoms with Gasteiger partial charge in [-0.15, -0.1) is 0 Å². The Labute approximate surface area is 327 Å². The lowest BCUT2D eigenvalue weighted by Gasteiger charge is -2.50. The molecule has 4 amide bonds. The summed E-state index contributed by atoms with van der Waals surface area (Å²) >= 11 is 6.39. The number of nitrogens with zero attached hydrogens (tertiary/aromatic N) is 3. The summed E-state index contributed by atoms with van der Waals surface area (Å²) in [5.74, 6) is -6.04. The van der Waals surface area contributed by atoms with Crippen molar-refractivity contribution in [3.05, 3.63) is 125 Å². The third-order valence-electron chi connectivity index (χ3n) is 12.3. The Hall–Kier alpha value is -5.72. The number of benzene rings is 4. The number of fused-ring (bicyclic) bond motifs is 4. The third kappa shape index (κ3) is 5.48. The van der Waals surface area contributed by atoms with Gasteiger partial charge in [0.2, 0.25) is 11.8 Å². The molecule has 0 spiro atoms. The molecule has 9 rings (SSSR count). The maximum atomic E-state index is 15.4. The molecule has 4 aromatic rings. The fourth-order valence-electron chi connectivity index (χ4n) is 9.83. The van der Waals surface area contributed by atoms with Crippen molar-refractivity contribution in [3.63, 3.8) is 0 Å². The van der Waals surface area contributed by atoms with Crippen LogP contribution in [0, 0.1) is 29.5 Å². The first-order valence-electron chi connectivity index (χ1n) is 18.7. The van der Waals surface area contributed by atoms with E-state index in [9.17, 15) is 23.9 Å². The van der Waals surface area contributed by atoms with E-state index in [4.69, 9.17) is 21.1 Å². The highest BCUT2D eigenvalue weighted by molar-refractivity contribution is 6.30. The Kier molecular flexibility index (Phi) is 8.85. The maximum absolute atomic E-state index is 15.4. The Bertz CT molecular complexity index is 2280. The number of aromatic hydroxyl groups is 1. The zero-order chi connectivity index (χ0) is 38.9. The molecule has 0 radical (unpaired) electrons. The first-order valence-corrected chi connectivity index (χ1v) is 19.0. The second-order valence-corrected chi connectivity index (χ2v) is 15.4. The average Bonchev–Trinajstić information content (AvgIpc) is 3.60. The molecule has 0 aromatic heterocycles. The smallest absolute Gasteiger partial charge is 0.260 e. The van der Waals surface area contributed by atoms with Crippen LogP contribution < -0.4 is 20.0 Å². The summed E-state index contributed by atoms with van der Waals surface area (Å²) in [7, 11) is 1.46. The molecule has 1 saturated carbocycles. The number of amides is 4. The maximum Gasteiger partial charge on any atom is 0.260 e. The molecule has 3 saturated heterocycles. The molecule has 0 bridgehead atoms. The van der Waals surface area contributed by atoms with Gasteiger partial charge < -0.3 is 19.5 Å². The summed E-state index contributed by atoms with van der Waals surface area (Å²) in [6.07, 6.45) is 2.28. The topological polar surface area (TPSA) is 129 Å². The minimum absolute atomic E-state index is 0.0620. The number of allylic oxidation sites excluding steroid dienone is 2. The van der Waals surface area contributed by atoms with Crippen molar-refractivity contribution < 1.29 is 38.1 Å². The second kappa shape index (κ2) is 13.8. The number of anilines is 3. The van der Waals surface area contributed by atoms with Gasteiger partial charge in [-0.3, -0.25) is 29.5 Å². The molecule has 2 N–H and O–H groups in total. The van der Waals surface area contributed by atoms with Crippen LogP contribution in [0.25, 0.3) is 0 Å². The molecule has 3 aliphatic heterocycles. The van der Waals surface area contributed by atoms with E-state index in [1.165, 1.54) is 48.4 Å². The number of hydrogen-bond donors (Lipinski definition) is 2. The van der Waals surface area contributed by atoms with E-state index in [0.29, 0.717) is 40.7 Å². The second-order valence-electron chi connectivity index (χ2n) is 14.9. The van der Waals surface area contributed by atoms with E-state index in [-0.39, 0.29) is 36.2 Å². The first kappa shape index (κ1) is 35.9. The lowest BCUT2D eigenvalue weighted by atomic mass is 9.49. The van der Waals surface area contributed by atoms with Gasteiger partial charge in [-0.05, 0) is 91.1 Å². The number of hydrogen-bond acceptors (Lipinski definition) is 9. The standard InChI is InChI=1S/C43H38ClFN4O7/c1-55-36-22-30(50)14-15-32(36)38-31-16-17-33-37(41(53)48(39(33)51)29-12-10-28(11-13-29)47-18-20-56-21-19-47)34(31)23-35-40(52)49(46-27-8-6-26(45)7-9-27)42(54)43(35,38)24-2-4-25(44)5-3-24/h2-16,22,33-35,37-38,46,50H,17-21,23H2,1H3/t33-,34+,35-,37-,38+,43+/m0/s1. The van der Waals surface area contributed by atoms with Crippen LogP contribution in [0.1, 0.15) is 29.9 Å². The Morgan fingerprint density at radius 3 is 2.25 bits per heavy atom. The number of phenols is 1. The number of carbonyl (C=O) groups is 4. The number of rotatable bonds is 7. The lowest BCUT2D eigenvalue weighted by molar-refractivity contribution is -0.138. The highest BCUT2D eigenvalue weighted by Gasteiger charge is 2.70. The monoisotopic (exact) mass is 776 g/mol. The summed E-state index contributed by atoms with van der Waals surface area (Å²) in [4.78, 5) is 62.7. The highest BCUT2D eigenvalue weighted by atomic mass is 35.5. The Morgan fingerprint density at radius 1 is 0.857 bits per heavy atom. The summed E-state index contributed by atoms with van der Waals surface area (Å²) < 4.78 is 25.3. The molecule has 3 heterocycles. The van der Waals surface area contributed by atoms with Crippen LogP contribution in [0.2, 0.25) is 5.02 Å². The molecule has 6 atom stereocenters. The number of carbonyl (C=O) groups excluding carboxylic acids is 4. The predicted molar refractivity (Wildman–Crippen MR) is 206 cm³/mol. The van der Waals surface area contributed by atoms with Crippen molar-refractivity contribution in [1.29, 1.82) is 0 Å². The number of phenolic OH excluding ortho intramolecular Hbond substituents is 1.